The SMILES string of the molecule is [CH3][Zr]([CH]=C1CCCC1)([CH]1C=CC=C1)[CH]1c2ccccc2-c2ccccc21. The summed E-state index contributed by atoms with van der Waals surface area (Å²) in [5.41, 5.74) is 7.91. The number of hydrogen-bond donors (Lipinski definition) is 0. The van der Waals surface area contributed by atoms with Crippen molar-refractivity contribution in [3.63, 3.8) is 0 Å². The summed E-state index contributed by atoms with van der Waals surface area (Å²) >= 11 is -2.74. The molecule has 0 saturated heterocycles. The Morgan fingerprint density at radius 2 is 1.35 bits per heavy atom. The fraction of sp³-hybridized carbons (Fsp3) is 0.280. The van der Waals surface area contributed by atoms with Gasteiger partial charge in [0.1, 0.15) is 0 Å². The van der Waals surface area contributed by atoms with Crippen LogP contribution in [0.5, 0.6) is 0 Å². The molecule has 5 rings (SSSR count). The molecule has 1 atom stereocenters. The Morgan fingerprint density at radius 3 is 1.92 bits per heavy atom. The van der Waals surface area contributed by atoms with Crippen molar-refractivity contribution in [3.05, 3.63) is 93.3 Å². The Kier molecular flexibility index (Phi) is 4.25. The zero-order valence-electron chi connectivity index (χ0n) is 15.5. The van der Waals surface area contributed by atoms with Crippen molar-refractivity contribution < 1.29 is 20.3 Å². The van der Waals surface area contributed by atoms with Gasteiger partial charge in [0.25, 0.3) is 0 Å². The molecule has 0 aromatic heterocycles. The molecular weight excluding hydrogens is 391 g/mol. The first-order valence-corrected chi connectivity index (χ1v) is 16.7. The van der Waals surface area contributed by atoms with Gasteiger partial charge in [0.05, 0.1) is 0 Å². The molecule has 0 radical (unpaired) electrons. The molecule has 1 fully saturated rings. The van der Waals surface area contributed by atoms with Crippen LogP contribution in [0.1, 0.15) is 40.4 Å². The summed E-state index contributed by atoms with van der Waals surface area (Å²) < 4.78 is 6.87. The molecule has 0 bridgehead atoms. The summed E-state index contributed by atoms with van der Waals surface area (Å²) in [6.07, 6.45) is 15.0. The van der Waals surface area contributed by atoms with E-state index in [0.717, 1.165) is 0 Å². The van der Waals surface area contributed by atoms with E-state index in [9.17, 15) is 0 Å². The maximum absolute atomic E-state index is 2.87. The van der Waals surface area contributed by atoms with E-state index in [1.54, 1.807) is 16.7 Å². The van der Waals surface area contributed by atoms with Gasteiger partial charge in [0.15, 0.2) is 0 Å². The molecule has 2 aromatic rings. The third-order valence-corrected chi connectivity index (χ3v) is 18.3. The van der Waals surface area contributed by atoms with Crippen LogP contribution in [0.4, 0.5) is 0 Å². The molecule has 3 aliphatic carbocycles. The van der Waals surface area contributed by atoms with Crippen LogP contribution in [0.15, 0.2) is 82.2 Å². The minimum atomic E-state index is -2.74. The molecule has 3 aliphatic rings. The average molecular weight is 418 g/mol. The zero-order chi connectivity index (χ0) is 17.6. The molecule has 26 heavy (non-hydrogen) atoms. The van der Waals surface area contributed by atoms with E-state index in [2.05, 4.69) is 81.3 Å². The van der Waals surface area contributed by atoms with E-state index in [4.69, 9.17) is 0 Å². The molecule has 0 nitrogen and oxygen atoms in total. The molecule has 130 valence electrons. The Labute approximate surface area is 161 Å². The topological polar surface area (TPSA) is 0 Å². The fourth-order valence-electron chi connectivity index (χ4n) is 5.46. The van der Waals surface area contributed by atoms with Gasteiger partial charge in [-0.05, 0) is 0 Å². The van der Waals surface area contributed by atoms with E-state index in [1.165, 1.54) is 36.8 Å². The molecule has 0 spiro atoms. The summed E-state index contributed by atoms with van der Waals surface area (Å²) in [5, 5.41) is 0. The Balaban J connectivity index is 1.73. The van der Waals surface area contributed by atoms with Gasteiger partial charge in [-0.15, -0.1) is 0 Å². The summed E-state index contributed by atoms with van der Waals surface area (Å²) in [6, 6.07) is 18.4. The van der Waals surface area contributed by atoms with Crippen molar-refractivity contribution in [3.8, 4) is 11.1 Å². The summed E-state index contributed by atoms with van der Waals surface area (Å²) in [7, 11) is 0. The quantitative estimate of drug-likeness (QED) is 0.490. The Bertz CT molecular complexity index is 867. The summed E-state index contributed by atoms with van der Waals surface area (Å²) in [6.45, 7) is 0. The molecule has 0 heterocycles. The first-order chi connectivity index (χ1) is 12.8. The van der Waals surface area contributed by atoms with Gasteiger partial charge in [-0.25, -0.2) is 0 Å². The summed E-state index contributed by atoms with van der Waals surface area (Å²) in [5.74, 6) is 0. The second-order valence-electron chi connectivity index (χ2n) is 8.28. The molecule has 1 heteroatoms. The Morgan fingerprint density at radius 1 is 0.808 bits per heavy atom. The van der Waals surface area contributed by atoms with E-state index in [1.807, 2.05) is 0 Å². The van der Waals surface area contributed by atoms with Gasteiger partial charge in [0, 0.05) is 0 Å². The molecule has 2 aromatic carbocycles. The number of hydrogen-bond acceptors (Lipinski definition) is 0. The van der Waals surface area contributed by atoms with Crippen LogP contribution in [0.3, 0.4) is 0 Å². The Hall–Kier alpha value is -1.46. The van der Waals surface area contributed by atoms with Crippen LogP contribution in [0, 0.1) is 0 Å². The predicted molar refractivity (Wildman–Crippen MR) is 108 cm³/mol. The van der Waals surface area contributed by atoms with Gasteiger partial charge < -0.3 is 0 Å². The van der Waals surface area contributed by atoms with Crippen molar-refractivity contribution in [1.29, 1.82) is 0 Å². The van der Waals surface area contributed by atoms with Crippen molar-refractivity contribution in [2.24, 2.45) is 0 Å². The third-order valence-electron chi connectivity index (χ3n) is 6.68. The normalized spacial score (nSPS) is 21.0. The van der Waals surface area contributed by atoms with Gasteiger partial charge in [-0.3, -0.25) is 0 Å². The van der Waals surface area contributed by atoms with Crippen molar-refractivity contribution >= 4 is 0 Å². The molecule has 1 unspecified atom stereocenters. The number of fused-ring (bicyclic) bond motifs is 3. The van der Waals surface area contributed by atoms with Crippen LogP contribution in [-0.4, -0.2) is 0 Å². The third kappa shape index (κ3) is 2.59. The number of allylic oxidation sites excluding steroid dienone is 5. The van der Waals surface area contributed by atoms with Crippen LogP contribution in [-0.2, 0) is 20.3 Å². The van der Waals surface area contributed by atoms with Crippen LogP contribution < -0.4 is 0 Å². The van der Waals surface area contributed by atoms with Gasteiger partial charge in [0.2, 0.25) is 0 Å². The second-order valence-corrected chi connectivity index (χ2v) is 18.8. The van der Waals surface area contributed by atoms with E-state index in [0.29, 0.717) is 7.25 Å². The number of benzene rings is 2. The second kappa shape index (κ2) is 6.61. The maximum atomic E-state index is 2.87. The predicted octanol–water partition coefficient (Wildman–Crippen LogP) is 7.33. The molecular formula is C25H26Zr. The van der Waals surface area contributed by atoms with Gasteiger partial charge in [-0.2, -0.15) is 0 Å². The van der Waals surface area contributed by atoms with E-state index < -0.39 is 20.3 Å². The zero-order valence-corrected chi connectivity index (χ0v) is 17.9. The molecule has 0 aliphatic heterocycles. The average Bonchev–Trinajstić information content (AvgIpc) is 3.41. The standard InChI is InChI=1S/C13H9.C6H9.C5H5.CH3.Zr/c1-3-7-12-10(5-1)9-11-6-2-4-8-13(11)12;1-6-4-2-3-5-6;1-2-4-5-3-1;;/h1-9H;1H,2-5H2;1-5H;1H3;. The number of rotatable bonds is 3. The molecule has 1 saturated carbocycles. The minimum absolute atomic E-state index is 0.627. The van der Waals surface area contributed by atoms with Crippen molar-refractivity contribution in [2.75, 3.05) is 0 Å². The van der Waals surface area contributed by atoms with Crippen LogP contribution in [0.2, 0.25) is 8.26 Å². The van der Waals surface area contributed by atoms with Gasteiger partial charge >= 0.3 is 162 Å². The van der Waals surface area contributed by atoms with E-state index >= 15 is 0 Å². The molecule has 0 N–H and O–H groups in total. The van der Waals surface area contributed by atoms with Crippen LogP contribution in [0.25, 0.3) is 11.1 Å². The van der Waals surface area contributed by atoms with Crippen molar-refractivity contribution in [2.45, 2.75) is 37.6 Å². The van der Waals surface area contributed by atoms with Crippen molar-refractivity contribution in [1.82, 2.24) is 0 Å². The summed E-state index contributed by atoms with van der Waals surface area (Å²) in [4.78, 5) is 0. The van der Waals surface area contributed by atoms with Crippen LogP contribution >= 0.6 is 0 Å². The molecule has 0 amide bonds. The fourth-order valence-corrected chi connectivity index (χ4v) is 17.3. The first kappa shape index (κ1) is 16.7. The first-order valence-electron chi connectivity index (χ1n) is 10.0. The monoisotopic (exact) mass is 416 g/mol. The van der Waals surface area contributed by atoms with E-state index in [-0.39, 0.29) is 0 Å². The van der Waals surface area contributed by atoms with Gasteiger partial charge in [-0.1, -0.05) is 0 Å².